The summed E-state index contributed by atoms with van der Waals surface area (Å²) < 4.78 is 0. The summed E-state index contributed by atoms with van der Waals surface area (Å²) >= 11 is 0. The molecule has 0 aromatic heterocycles. The fourth-order valence-corrected chi connectivity index (χ4v) is 2.03. The van der Waals surface area contributed by atoms with E-state index in [9.17, 15) is 10.2 Å². The first kappa shape index (κ1) is 10.5. The number of aromatic hydroxyl groups is 1. The van der Waals surface area contributed by atoms with E-state index in [1.807, 2.05) is 6.07 Å². The fraction of sp³-hybridized carbons (Fsp3) is 0.500. The first-order valence-electron chi connectivity index (χ1n) is 5.32. The third-order valence-electron chi connectivity index (χ3n) is 3.00. The van der Waals surface area contributed by atoms with Crippen molar-refractivity contribution in [1.29, 1.82) is 0 Å². The molecule has 3 heteroatoms. The van der Waals surface area contributed by atoms with Crippen molar-refractivity contribution in [2.75, 3.05) is 6.54 Å². The minimum Gasteiger partial charge on any atom is -0.508 e. The lowest BCUT2D eigenvalue weighted by Crippen LogP contribution is -2.38. The molecule has 3 nitrogen and oxygen atoms in total. The van der Waals surface area contributed by atoms with Gasteiger partial charge in [-0.15, -0.1) is 0 Å². The van der Waals surface area contributed by atoms with Gasteiger partial charge in [-0.05, 0) is 37.1 Å². The Bertz CT molecular complexity index is 363. The van der Waals surface area contributed by atoms with Crippen molar-refractivity contribution < 1.29 is 10.2 Å². The topological polar surface area (TPSA) is 43.7 Å². The van der Waals surface area contributed by atoms with Crippen LogP contribution in [0.1, 0.15) is 31.1 Å². The maximum Gasteiger partial charge on any atom is 0.115 e. The third kappa shape index (κ3) is 1.98. The molecule has 0 bridgehead atoms. The van der Waals surface area contributed by atoms with Crippen LogP contribution in [-0.2, 0) is 6.54 Å². The second-order valence-corrected chi connectivity index (χ2v) is 4.42. The monoisotopic (exact) mass is 207 g/mol. The van der Waals surface area contributed by atoms with Gasteiger partial charge in [0.05, 0.1) is 6.10 Å². The highest BCUT2D eigenvalue weighted by atomic mass is 16.3. The van der Waals surface area contributed by atoms with Crippen molar-refractivity contribution in [3.8, 4) is 5.75 Å². The van der Waals surface area contributed by atoms with Crippen LogP contribution < -0.4 is 0 Å². The number of hydrogen-bond donors (Lipinski definition) is 2. The van der Waals surface area contributed by atoms with Gasteiger partial charge in [-0.1, -0.05) is 6.07 Å². The number of nitrogens with zero attached hydrogens (tertiary/aromatic N) is 1. The van der Waals surface area contributed by atoms with Crippen LogP contribution in [0.4, 0.5) is 0 Å². The lowest BCUT2D eigenvalue weighted by Gasteiger charge is -2.34. The van der Waals surface area contributed by atoms with Gasteiger partial charge in [0.25, 0.3) is 0 Å². The van der Waals surface area contributed by atoms with Gasteiger partial charge in [-0.25, -0.2) is 0 Å². The van der Waals surface area contributed by atoms with Crippen LogP contribution in [-0.4, -0.2) is 27.7 Å². The van der Waals surface area contributed by atoms with Crippen molar-refractivity contribution >= 4 is 0 Å². The zero-order chi connectivity index (χ0) is 11.0. The zero-order valence-corrected chi connectivity index (χ0v) is 9.14. The predicted molar refractivity (Wildman–Crippen MR) is 58.6 cm³/mol. The minimum absolute atomic E-state index is 0.228. The van der Waals surface area contributed by atoms with Crippen molar-refractivity contribution in [2.24, 2.45) is 0 Å². The Morgan fingerprint density at radius 1 is 1.40 bits per heavy atom. The van der Waals surface area contributed by atoms with Crippen LogP contribution in [0.15, 0.2) is 18.2 Å². The summed E-state index contributed by atoms with van der Waals surface area (Å²) in [6.45, 7) is 5.74. The molecule has 0 saturated carbocycles. The molecule has 0 fully saturated rings. The van der Waals surface area contributed by atoms with E-state index in [0.29, 0.717) is 12.6 Å². The summed E-state index contributed by atoms with van der Waals surface area (Å²) in [4.78, 5) is 2.23. The van der Waals surface area contributed by atoms with Gasteiger partial charge in [-0.3, -0.25) is 4.90 Å². The Labute approximate surface area is 90.0 Å². The third-order valence-corrected chi connectivity index (χ3v) is 3.00. The van der Waals surface area contributed by atoms with Gasteiger partial charge in [-0.2, -0.15) is 0 Å². The van der Waals surface area contributed by atoms with Crippen LogP contribution in [0.25, 0.3) is 0 Å². The summed E-state index contributed by atoms with van der Waals surface area (Å²) in [7, 11) is 0. The van der Waals surface area contributed by atoms with E-state index in [2.05, 4.69) is 18.7 Å². The molecule has 15 heavy (non-hydrogen) atoms. The lowest BCUT2D eigenvalue weighted by molar-refractivity contribution is 0.0742. The van der Waals surface area contributed by atoms with Crippen molar-refractivity contribution in [3.05, 3.63) is 29.3 Å². The molecule has 0 spiro atoms. The Balaban J connectivity index is 2.32. The maximum atomic E-state index is 9.95. The first-order valence-corrected chi connectivity index (χ1v) is 5.32. The maximum absolute atomic E-state index is 9.95. The number of benzene rings is 1. The summed E-state index contributed by atoms with van der Waals surface area (Å²) in [5.41, 5.74) is 1.98. The van der Waals surface area contributed by atoms with E-state index in [-0.39, 0.29) is 5.75 Å². The summed E-state index contributed by atoms with van der Waals surface area (Å²) in [5.74, 6) is 0.228. The highest BCUT2D eigenvalue weighted by Crippen LogP contribution is 2.30. The molecule has 1 aliphatic rings. The molecule has 1 heterocycles. The average molecular weight is 207 g/mol. The minimum atomic E-state index is -0.483. The van der Waals surface area contributed by atoms with Crippen LogP contribution in [0, 0.1) is 0 Å². The number of rotatable bonds is 1. The highest BCUT2D eigenvalue weighted by Gasteiger charge is 2.25. The molecule has 2 N–H and O–H groups in total. The molecular weight excluding hydrogens is 190 g/mol. The highest BCUT2D eigenvalue weighted by molar-refractivity contribution is 5.37. The molecule has 1 aromatic carbocycles. The summed E-state index contributed by atoms with van der Waals surface area (Å²) in [6, 6.07) is 5.66. The molecule has 82 valence electrons. The van der Waals surface area contributed by atoms with Crippen LogP contribution in [0.2, 0.25) is 0 Å². The van der Waals surface area contributed by atoms with Crippen molar-refractivity contribution in [3.63, 3.8) is 0 Å². The molecule has 0 amide bonds. The van der Waals surface area contributed by atoms with Gasteiger partial charge in [0.15, 0.2) is 0 Å². The Morgan fingerprint density at radius 2 is 2.13 bits per heavy atom. The Morgan fingerprint density at radius 3 is 2.80 bits per heavy atom. The van der Waals surface area contributed by atoms with Gasteiger partial charge in [0.1, 0.15) is 5.75 Å². The zero-order valence-electron chi connectivity index (χ0n) is 9.14. The Hall–Kier alpha value is -1.06. The number of phenolic OH excluding ortho intramolecular Hbond substituents is 1. The van der Waals surface area contributed by atoms with Gasteiger partial charge >= 0.3 is 0 Å². The van der Waals surface area contributed by atoms with Gasteiger partial charge in [0.2, 0.25) is 0 Å². The quantitative estimate of drug-likeness (QED) is 0.736. The van der Waals surface area contributed by atoms with Crippen molar-refractivity contribution in [1.82, 2.24) is 4.90 Å². The molecule has 1 atom stereocenters. The SMILES string of the molecule is CC(C)N1Cc2ccc(O)cc2C(O)C1. The second kappa shape index (κ2) is 3.83. The second-order valence-electron chi connectivity index (χ2n) is 4.42. The number of β-amino-alcohol motifs (C(OH)–C–C–N with tert-alkyl or cyclic N) is 1. The molecule has 0 aliphatic carbocycles. The number of aliphatic hydroxyl groups is 1. The average Bonchev–Trinajstić information content (AvgIpc) is 2.18. The van der Waals surface area contributed by atoms with E-state index in [1.54, 1.807) is 12.1 Å². The van der Waals surface area contributed by atoms with Crippen LogP contribution in [0.5, 0.6) is 5.75 Å². The smallest absolute Gasteiger partial charge is 0.115 e. The number of phenols is 1. The molecule has 1 aromatic rings. The molecule has 1 aliphatic heterocycles. The van der Waals surface area contributed by atoms with Gasteiger partial charge < -0.3 is 10.2 Å². The molecular formula is C12H17NO2. The van der Waals surface area contributed by atoms with E-state index >= 15 is 0 Å². The molecule has 0 saturated heterocycles. The summed E-state index contributed by atoms with van der Waals surface area (Å²) in [6.07, 6.45) is -0.483. The largest absolute Gasteiger partial charge is 0.508 e. The van der Waals surface area contributed by atoms with Crippen LogP contribution >= 0.6 is 0 Å². The Kier molecular flexibility index (Phi) is 2.67. The van der Waals surface area contributed by atoms with Crippen molar-refractivity contribution in [2.45, 2.75) is 32.5 Å². The number of hydrogen-bond acceptors (Lipinski definition) is 3. The van der Waals surface area contributed by atoms with Gasteiger partial charge in [0, 0.05) is 19.1 Å². The number of fused-ring (bicyclic) bond motifs is 1. The molecule has 1 unspecified atom stereocenters. The number of aliphatic hydroxyl groups excluding tert-OH is 1. The molecule has 2 rings (SSSR count). The first-order chi connectivity index (χ1) is 7.08. The van der Waals surface area contributed by atoms with Crippen LogP contribution in [0.3, 0.4) is 0 Å². The standard InChI is InChI=1S/C12H17NO2/c1-8(2)13-6-9-3-4-10(14)5-11(9)12(15)7-13/h3-5,8,12,14-15H,6-7H2,1-2H3. The summed E-state index contributed by atoms with van der Waals surface area (Å²) in [5, 5.41) is 19.3. The van der Waals surface area contributed by atoms with E-state index in [4.69, 9.17) is 0 Å². The van der Waals surface area contributed by atoms with E-state index in [0.717, 1.165) is 17.7 Å². The molecule has 0 radical (unpaired) electrons. The fourth-order valence-electron chi connectivity index (χ4n) is 2.03. The predicted octanol–water partition coefficient (Wildman–Crippen LogP) is 1.65. The van der Waals surface area contributed by atoms with E-state index < -0.39 is 6.10 Å². The normalized spacial score (nSPS) is 21.7. The lowest BCUT2D eigenvalue weighted by atomic mass is 9.96. The van der Waals surface area contributed by atoms with E-state index in [1.165, 1.54) is 0 Å².